The predicted octanol–water partition coefficient (Wildman–Crippen LogP) is 13.5. The highest BCUT2D eigenvalue weighted by Gasteiger charge is 2.22. The van der Waals surface area contributed by atoms with Gasteiger partial charge in [0.15, 0.2) is 0 Å². The van der Waals surface area contributed by atoms with Gasteiger partial charge >= 0.3 is 0 Å². The molecular weight excluding hydrogens is 681 g/mol. The monoisotopic (exact) mass is 718 g/mol. The Morgan fingerprint density at radius 3 is 1.23 bits per heavy atom. The number of hydrogen-bond acceptors (Lipinski definition) is 4. The minimum absolute atomic E-state index is 0.0142. The Balaban J connectivity index is 1.32. The van der Waals surface area contributed by atoms with E-state index in [9.17, 15) is 0 Å². The molecule has 0 saturated carbocycles. The van der Waals surface area contributed by atoms with E-state index in [4.69, 9.17) is 19.9 Å². The zero-order valence-corrected chi connectivity index (χ0v) is 31.5. The summed E-state index contributed by atoms with van der Waals surface area (Å²) in [4.78, 5) is 19.9. The van der Waals surface area contributed by atoms with Crippen molar-refractivity contribution in [2.45, 2.75) is 26.2 Å². The maximum Gasteiger partial charge on any atom is 0.0899 e. The summed E-state index contributed by atoms with van der Waals surface area (Å²) < 4.78 is 0. The van der Waals surface area contributed by atoms with Crippen molar-refractivity contribution >= 4 is 32.3 Å². The van der Waals surface area contributed by atoms with Gasteiger partial charge in [0.1, 0.15) is 0 Å². The first kappa shape index (κ1) is 33.5. The molecule has 0 atom stereocenters. The van der Waals surface area contributed by atoms with Crippen LogP contribution in [0.1, 0.15) is 26.3 Å². The zero-order chi connectivity index (χ0) is 37.8. The van der Waals surface area contributed by atoms with Crippen molar-refractivity contribution in [2.75, 3.05) is 0 Å². The Morgan fingerprint density at radius 2 is 0.804 bits per heavy atom. The van der Waals surface area contributed by atoms with Gasteiger partial charge in [-0.2, -0.15) is 0 Å². The molecule has 6 aromatic carbocycles. The molecule has 0 radical (unpaired) electrons. The molecule has 0 fully saturated rings. The van der Waals surface area contributed by atoms with Crippen LogP contribution in [0.15, 0.2) is 176 Å². The first-order chi connectivity index (χ1) is 27.4. The standard InChI is InChI=1S/C52H38N4/c1-52(2,3)39-26-35-20-22-40-42(37-28-46(33-14-6-4-7-15-33)55-48(30-37)44-18-10-12-24-53-44)32-43(41-23-21-36(27-39)50(35)51(40)41)38-29-47(34-16-8-5-9-17-34)56-49(31-38)45-19-11-13-25-54-45/h4-32H,1-3H3. The maximum atomic E-state index is 5.19. The highest BCUT2D eigenvalue weighted by molar-refractivity contribution is 6.28. The van der Waals surface area contributed by atoms with E-state index < -0.39 is 0 Å². The maximum absolute atomic E-state index is 5.19. The van der Waals surface area contributed by atoms with Crippen molar-refractivity contribution in [3.05, 3.63) is 182 Å². The van der Waals surface area contributed by atoms with Gasteiger partial charge < -0.3 is 0 Å². The third kappa shape index (κ3) is 5.96. The lowest BCUT2D eigenvalue weighted by Crippen LogP contribution is -2.10. The van der Waals surface area contributed by atoms with Gasteiger partial charge in [0.2, 0.25) is 0 Å². The van der Waals surface area contributed by atoms with Gasteiger partial charge in [-0.1, -0.05) is 130 Å². The molecule has 0 bridgehead atoms. The molecule has 0 saturated heterocycles. The number of pyridine rings is 4. The van der Waals surface area contributed by atoms with Crippen LogP contribution in [0, 0.1) is 0 Å². The lowest BCUT2D eigenvalue weighted by Gasteiger charge is -2.23. The summed E-state index contributed by atoms with van der Waals surface area (Å²) in [6.07, 6.45) is 3.66. The fourth-order valence-corrected chi connectivity index (χ4v) is 8.00. The molecule has 4 aromatic heterocycles. The van der Waals surface area contributed by atoms with Crippen LogP contribution in [-0.2, 0) is 5.41 Å². The lowest BCUT2D eigenvalue weighted by molar-refractivity contribution is 0.591. The zero-order valence-electron chi connectivity index (χ0n) is 31.5. The minimum atomic E-state index is 0.0142. The molecule has 0 spiro atoms. The second-order valence-electron chi connectivity index (χ2n) is 15.5. The molecule has 56 heavy (non-hydrogen) atoms. The smallest absolute Gasteiger partial charge is 0.0899 e. The number of benzene rings is 6. The molecule has 0 unspecified atom stereocenters. The SMILES string of the molecule is CC(C)(C)c1cc2ccc3c(-c4cc(-c5ccccc5)nc(-c5ccccn5)c4)cc(-c4cc(-c5ccccc5)nc(-c5ccccn5)c4)c4ccc(c1)c2c34. The summed E-state index contributed by atoms with van der Waals surface area (Å²) >= 11 is 0. The summed E-state index contributed by atoms with van der Waals surface area (Å²) in [5.74, 6) is 0. The van der Waals surface area contributed by atoms with Crippen molar-refractivity contribution in [3.8, 4) is 67.5 Å². The number of aromatic nitrogens is 4. The normalized spacial score (nSPS) is 11.8. The summed E-state index contributed by atoms with van der Waals surface area (Å²) in [6.45, 7) is 6.86. The van der Waals surface area contributed by atoms with Gasteiger partial charge in [0.25, 0.3) is 0 Å². The Labute approximate surface area is 326 Å². The van der Waals surface area contributed by atoms with Crippen molar-refractivity contribution < 1.29 is 0 Å². The van der Waals surface area contributed by atoms with Gasteiger partial charge in [-0.15, -0.1) is 0 Å². The van der Waals surface area contributed by atoms with Gasteiger partial charge in [0.05, 0.1) is 34.2 Å². The summed E-state index contributed by atoms with van der Waals surface area (Å²) in [7, 11) is 0. The van der Waals surface area contributed by atoms with Gasteiger partial charge in [-0.3, -0.25) is 9.97 Å². The summed E-state index contributed by atoms with van der Waals surface area (Å²) in [5.41, 5.74) is 13.0. The Bertz CT molecular complexity index is 2720. The molecule has 10 rings (SSSR count). The highest BCUT2D eigenvalue weighted by Crippen LogP contribution is 2.46. The van der Waals surface area contributed by atoms with Crippen molar-refractivity contribution in [1.29, 1.82) is 0 Å². The third-order valence-corrected chi connectivity index (χ3v) is 10.8. The van der Waals surface area contributed by atoms with E-state index in [0.29, 0.717) is 0 Å². The number of hydrogen-bond donors (Lipinski definition) is 0. The average Bonchev–Trinajstić information content (AvgIpc) is 3.25. The van der Waals surface area contributed by atoms with Gasteiger partial charge in [0, 0.05) is 23.5 Å². The summed E-state index contributed by atoms with van der Waals surface area (Å²) in [6, 6.07) is 58.1. The predicted molar refractivity (Wildman–Crippen MR) is 233 cm³/mol. The van der Waals surface area contributed by atoms with Crippen LogP contribution in [0.3, 0.4) is 0 Å². The van der Waals surface area contributed by atoms with E-state index in [-0.39, 0.29) is 5.41 Å². The Kier molecular flexibility index (Phi) is 8.00. The third-order valence-electron chi connectivity index (χ3n) is 10.8. The van der Waals surface area contributed by atoms with Crippen molar-refractivity contribution in [1.82, 2.24) is 19.9 Å². The van der Waals surface area contributed by atoms with Crippen LogP contribution in [0.4, 0.5) is 0 Å². The molecule has 4 heteroatoms. The second-order valence-corrected chi connectivity index (χ2v) is 15.5. The van der Waals surface area contributed by atoms with Crippen LogP contribution in [0.25, 0.3) is 99.9 Å². The van der Waals surface area contributed by atoms with E-state index in [2.05, 4.69) is 136 Å². The largest absolute Gasteiger partial charge is 0.255 e. The molecule has 0 aliphatic carbocycles. The minimum Gasteiger partial charge on any atom is -0.255 e. The van der Waals surface area contributed by atoms with Crippen LogP contribution in [-0.4, -0.2) is 19.9 Å². The molecule has 10 aromatic rings. The van der Waals surface area contributed by atoms with E-state index >= 15 is 0 Å². The molecule has 0 aliphatic heterocycles. The van der Waals surface area contributed by atoms with E-state index in [0.717, 1.165) is 67.5 Å². The second kappa shape index (κ2) is 13.4. The molecule has 266 valence electrons. The van der Waals surface area contributed by atoms with E-state index in [1.807, 2.05) is 60.9 Å². The lowest BCUT2D eigenvalue weighted by atomic mass is 9.81. The molecule has 0 amide bonds. The molecular formula is C52H38N4. The fraction of sp³-hybridized carbons (Fsp3) is 0.0769. The quantitative estimate of drug-likeness (QED) is 0.161. The Morgan fingerprint density at radius 1 is 0.357 bits per heavy atom. The number of nitrogens with zero attached hydrogens (tertiary/aromatic N) is 4. The van der Waals surface area contributed by atoms with Crippen LogP contribution in [0.2, 0.25) is 0 Å². The van der Waals surface area contributed by atoms with Crippen LogP contribution in [0.5, 0.6) is 0 Å². The van der Waals surface area contributed by atoms with Crippen molar-refractivity contribution in [3.63, 3.8) is 0 Å². The van der Waals surface area contributed by atoms with Crippen LogP contribution < -0.4 is 0 Å². The first-order valence-corrected chi connectivity index (χ1v) is 19.1. The summed E-state index contributed by atoms with van der Waals surface area (Å²) in [5, 5.41) is 7.42. The van der Waals surface area contributed by atoms with E-state index in [1.165, 1.54) is 37.9 Å². The van der Waals surface area contributed by atoms with Gasteiger partial charge in [-0.05, 0) is 120 Å². The topological polar surface area (TPSA) is 51.6 Å². The molecule has 4 nitrogen and oxygen atoms in total. The van der Waals surface area contributed by atoms with E-state index in [1.54, 1.807) is 0 Å². The number of rotatable bonds is 6. The highest BCUT2D eigenvalue weighted by atomic mass is 14.8. The molecule has 0 aliphatic rings. The van der Waals surface area contributed by atoms with Crippen LogP contribution >= 0.6 is 0 Å². The molecule has 0 N–H and O–H groups in total. The fourth-order valence-electron chi connectivity index (χ4n) is 8.00. The molecule has 4 heterocycles. The van der Waals surface area contributed by atoms with Crippen molar-refractivity contribution in [2.24, 2.45) is 0 Å². The Hall–Kier alpha value is -7.04. The van der Waals surface area contributed by atoms with Gasteiger partial charge in [-0.25, -0.2) is 9.97 Å². The average molecular weight is 719 g/mol. The first-order valence-electron chi connectivity index (χ1n) is 19.1.